The summed E-state index contributed by atoms with van der Waals surface area (Å²) in [4.78, 5) is 0. The molecule has 0 aliphatic rings. The van der Waals surface area contributed by atoms with Crippen molar-refractivity contribution >= 4 is 5.82 Å². The van der Waals surface area contributed by atoms with Gasteiger partial charge >= 0.3 is 0 Å². The van der Waals surface area contributed by atoms with Crippen molar-refractivity contribution in [3.63, 3.8) is 0 Å². The van der Waals surface area contributed by atoms with E-state index in [0.717, 1.165) is 12.8 Å². The normalized spacial score (nSPS) is 14.8. The lowest BCUT2D eigenvalue weighted by Crippen LogP contribution is -2.33. The second-order valence-electron chi connectivity index (χ2n) is 3.71. The van der Waals surface area contributed by atoms with Gasteiger partial charge in [0, 0.05) is 12.7 Å². The first-order valence-electron chi connectivity index (χ1n) is 4.88. The van der Waals surface area contributed by atoms with Crippen LogP contribution >= 0.6 is 0 Å². The number of aliphatic hydroxyl groups is 1. The highest BCUT2D eigenvalue weighted by Gasteiger charge is 2.18. The Kier molecular flexibility index (Phi) is 3.83. The third-order valence-corrected chi connectivity index (χ3v) is 2.01. The van der Waals surface area contributed by atoms with Crippen LogP contribution in [-0.4, -0.2) is 27.4 Å². The molecule has 1 rings (SSSR count). The molecule has 1 heterocycles. The quantitative estimate of drug-likeness (QED) is 0.746. The Morgan fingerprint density at radius 3 is 2.93 bits per heavy atom. The second-order valence-corrected chi connectivity index (χ2v) is 3.71. The molecule has 0 fully saturated rings. The molecule has 0 amide bonds. The summed E-state index contributed by atoms with van der Waals surface area (Å²) in [6, 6.07) is 3.64. The molecule has 0 bridgehead atoms. The summed E-state index contributed by atoms with van der Waals surface area (Å²) in [5, 5.41) is 20.5. The number of hydrogen-bond donors (Lipinski definition) is 2. The fraction of sp³-hybridized carbons (Fsp3) is 0.600. The topological polar surface area (TPSA) is 58.0 Å². The smallest absolute Gasteiger partial charge is 0.148 e. The summed E-state index contributed by atoms with van der Waals surface area (Å²) in [5.74, 6) is 0.698. The lowest BCUT2D eigenvalue weighted by molar-refractivity contribution is 0.0636. The Labute approximate surface area is 84.4 Å². The van der Waals surface area contributed by atoms with Gasteiger partial charge in [-0.15, -0.1) is 5.10 Å². The molecule has 0 saturated carbocycles. The molecule has 0 aliphatic heterocycles. The molecule has 0 spiro atoms. The summed E-state index contributed by atoms with van der Waals surface area (Å²) < 4.78 is 0. The molecule has 4 nitrogen and oxygen atoms in total. The average Bonchev–Trinajstić information content (AvgIpc) is 2.17. The fourth-order valence-corrected chi connectivity index (χ4v) is 1.30. The highest BCUT2D eigenvalue weighted by Crippen LogP contribution is 2.12. The van der Waals surface area contributed by atoms with Crippen LogP contribution in [0.5, 0.6) is 0 Å². The molecule has 1 unspecified atom stereocenters. The summed E-state index contributed by atoms with van der Waals surface area (Å²) in [6.45, 7) is 4.37. The highest BCUT2D eigenvalue weighted by atomic mass is 16.3. The van der Waals surface area contributed by atoms with Crippen LogP contribution in [0.4, 0.5) is 5.82 Å². The van der Waals surface area contributed by atoms with Gasteiger partial charge in [-0.3, -0.25) is 0 Å². The molecule has 1 aromatic rings. The van der Waals surface area contributed by atoms with Crippen molar-refractivity contribution in [2.24, 2.45) is 0 Å². The van der Waals surface area contributed by atoms with E-state index in [9.17, 15) is 5.11 Å². The van der Waals surface area contributed by atoms with E-state index < -0.39 is 5.60 Å². The summed E-state index contributed by atoms with van der Waals surface area (Å²) in [7, 11) is 0. The monoisotopic (exact) mass is 195 g/mol. The van der Waals surface area contributed by atoms with Crippen molar-refractivity contribution in [1.82, 2.24) is 10.2 Å². The third-order valence-electron chi connectivity index (χ3n) is 2.01. The number of nitrogens with one attached hydrogen (secondary N) is 1. The van der Waals surface area contributed by atoms with Crippen molar-refractivity contribution in [2.45, 2.75) is 32.3 Å². The van der Waals surface area contributed by atoms with Crippen molar-refractivity contribution < 1.29 is 5.11 Å². The Balaban J connectivity index is 2.40. The van der Waals surface area contributed by atoms with Crippen LogP contribution in [0.25, 0.3) is 0 Å². The number of nitrogens with zero attached hydrogens (tertiary/aromatic N) is 2. The summed E-state index contributed by atoms with van der Waals surface area (Å²) >= 11 is 0. The lowest BCUT2D eigenvalue weighted by atomic mass is 10.0. The van der Waals surface area contributed by atoms with E-state index >= 15 is 0 Å². The first kappa shape index (κ1) is 10.9. The largest absolute Gasteiger partial charge is 0.388 e. The minimum absolute atomic E-state index is 0.500. The van der Waals surface area contributed by atoms with E-state index in [0.29, 0.717) is 12.4 Å². The van der Waals surface area contributed by atoms with E-state index in [2.05, 4.69) is 22.4 Å². The van der Waals surface area contributed by atoms with Gasteiger partial charge in [0.05, 0.1) is 5.60 Å². The maximum atomic E-state index is 9.87. The molecule has 1 aromatic heterocycles. The van der Waals surface area contributed by atoms with Crippen LogP contribution in [0, 0.1) is 0 Å². The summed E-state index contributed by atoms with van der Waals surface area (Å²) in [6.07, 6.45) is 3.37. The van der Waals surface area contributed by atoms with Gasteiger partial charge in [0.1, 0.15) is 5.82 Å². The number of rotatable bonds is 5. The van der Waals surface area contributed by atoms with Gasteiger partial charge in [-0.1, -0.05) is 13.3 Å². The van der Waals surface area contributed by atoms with E-state index in [1.54, 1.807) is 6.20 Å². The van der Waals surface area contributed by atoms with Gasteiger partial charge in [-0.25, -0.2) is 0 Å². The third kappa shape index (κ3) is 3.70. The minimum atomic E-state index is -0.674. The number of hydrogen-bond acceptors (Lipinski definition) is 4. The molecular formula is C10H17N3O. The van der Waals surface area contributed by atoms with E-state index in [1.165, 1.54) is 0 Å². The molecule has 4 heteroatoms. The summed E-state index contributed by atoms with van der Waals surface area (Å²) in [5.41, 5.74) is -0.674. The first-order chi connectivity index (χ1) is 6.64. The van der Waals surface area contributed by atoms with Gasteiger partial charge in [-0.2, -0.15) is 5.10 Å². The molecule has 14 heavy (non-hydrogen) atoms. The van der Waals surface area contributed by atoms with Crippen LogP contribution in [0.15, 0.2) is 18.3 Å². The average molecular weight is 195 g/mol. The van der Waals surface area contributed by atoms with Crippen molar-refractivity contribution in [1.29, 1.82) is 0 Å². The molecule has 1 atom stereocenters. The Bertz CT molecular complexity index is 261. The van der Waals surface area contributed by atoms with Gasteiger partial charge in [-0.05, 0) is 25.5 Å². The molecule has 78 valence electrons. The Morgan fingerprint density at radius 2 is 2.36 bits per heavy atom. The molecule has 0 aliphatic carbocycles. The molecular weight excluding hydrogens is 178 g/mol. The lowest BCUT2D eigenvalue weighted by Gasteiger charge is -2.22. The standard InChI is InChI=1S/C10H17N3O/c1-3-6-10(2,14)8-11-9-5-4-7-12-13-9/h4-5,7,14H,3,6,8H2,1-2H3,(H,11,13). The van der Waals surface area contributed by atoms with Crippen LogP contribution in [0.1, 0.15) is 26.7 Å². The maximum absolute atomic E-state index is 9.87. The second kappa shape index (κ2) is 4.91. The Hall–Kier alpha value is -1.16. The van der Waals surface area contributed by atoms with Gasteiger partial charge in [0.2, 0.25) is 0 Å². The van der Waals surface area contributed by atoms with E-state index in [4.69, 9.17) is 0 Å². The van der Waals surface area contributed by atoms with Crippen LogP contribution in [-0.2, 0) is 0 Å². The maximum Gasteiger partial charge on any atom is 0.148 e. The van der Waals surface area contributed by atoms with Crippen molar-refractivity contribution in [3.05, 3.63) is 18.3 Å². The molecule has 0 radical (unpaired) electrons. The number of aromatic nitrogens is 2. The first-order valence-corrected chi connectivity index (χ1v) is 4.88. The zero-order valence-corrected chi connectivity index (χ0v) is 8.70. The predicted octanol–water partition coefficient (Wildman–Crippen LogP) is 1.44. The molecule has 0 aromatic carbocycles. The number of anilines is 1. The van der Waals surface area contributed by atoms with Gasteiger partial charge in [0.15, 0.2) is 0 Å². The van der Waals surface area contributed by atoms with Crippen LogP contribution in [0.3, 0.4) is 0 Å². The SMILES string of the molecule is CCCC(C)(O)CNc1cccnn1. The molecule has 2 N–H and O–H groups in total. The zero-order chi connectivity index (χ0) is 10.4. The van der Waals surface area contributed by atoms with Gasteiger partial charge < -0.3 is 10.4 Å². The van der Waals surface area contributed by atoms with Crippen molar-refractivity contribution in [2.75, 3.05) is 11.9 Å². The fourth-order valence-electron chi connectivity index (χ4n) is 1.30. The molecule has 0 saturated heterocycles. The van der Waals surface area contributed by atoms with Crippen LogP contribution < -0.4 is 5.32 Å². The van der Waals surface area contributed by atoms with E-state index in [1.807, 2.05) is 19.1 Å². The van der Waals surface area contributed by atoms with Crippen LogP contribution in [0.2, 0.25) is 0 Å². The highest BCUT2D eigenvalue weighted by molar-refractivity contribution is 5.31. The van der Waals surface area contributed by atoms with Gasteiger partial charge in [0.25, 0.3) is 0 Å². The minimum Gasteiger partial charge on any atom is -0.388 e. The zero-order valence-electron chi connectivity index (χ0n) is 8.70. The van der Waals surface area contributed by atoms with Crippen molar-refractivity contribution in [3.8, 4) is 0 Å². The predicted molar refractivity (Wildman–Crippen MR) is 56.1 cm³/mol. The Morgan fingerprint density at radius 1 is 1.57 bits per heavy atom. The van der Waals surface area contributed by atoms with E-state index in [-0.39, 0.29) is 0 Å².